The highest BCUT2D eigenvalue weighted by atomic mass is 35.5. The summed E-state index contributed by atoms with van der Waals surface area (Å²) in [5.74, 6) is -0.684. The zero-order valence-corrected chi connectivity index (χ0v) is 21.7. The molecule has 0 radical (unpaired) electrons. The molecular formula is C25H32Cl2N4O7. The van der Waals surface area contributed by atoms with Crippen LogP contribution >= 0.6 is 23.2 Å². The topological polar surface area (TPSA) is 185 Å². The number of nitrogen functional groups attached to an aromatic ring is 1. The summed E-state index contributed by atoms with van der Waals surface area (Å²) in [4.78, 5) is 63.7. The van der Waals surface area contributed by atoms with Gasteiger partial charge < -0.3 is 26.8 Å². The predicted molar refractivity (Wildman–Crippen MR) is 148 cm³/mol. The van der Waals surface area contributed by atoms with E-state index in [0.717, 1.165) is 0 Å². The number of hydrogen-bond donors (Lipinski definition) is 5. The number of anilines is 2. The molecule has 2 rings (SSSR count). The molecule has 6 N–H and O–H groups in total. The molecular weight excluding hydrogens is 539 g/mol. The van der Waals surface area contributed by atoms with Crippen LogP contribution in [0.5, 0.6) is 0 Å². The number of carboxylic acid groups (broad SMARTS) is 1. The Hall–Kier alpha value is -3.96. The Morgan fingerprint density at radius 3 is 1.71 bits per heavy atom. The minimum atomic E-state index is -0.250. The highest BCUT2D eigenvalue weighted by Crippen LogP contribution is 2.22. The summed E-state index contributed by atoms with van der Waals surface area (Å²) in [6.45, 7) is 3.09. The predicted octanol–water partition coefficient (Wildman–Crippen LogP) is 3.59. The minimum Gasteiger partial charge on any atom is -0.483 e. The van der Waals surface area contributed by atoms with Crippen molar-refractivity contribution in [3.63, 3.8) is 0 Å². The van der Waals surface area contributed by atoms with Crippen molar-refractivity contribution in [1.82, 2.24) is 10.6 Å². The van der Waals surface area contributed by atoms with E-state index < -0.39 is 0 Å². The molecule has 0 saturated carbocycles. The van der Waals surface area contributed by atoms with Gasteiger partial charge in [-0.2, -0.15) is 0 Å². The summed E-state index contributed by atoms with van der Waals surface area (Å²) in [6.07, 6.45) is 0.853. The summed E-state index contributed by atoms with van der Waals surface area (Å²) < 4.78 is 0. The number of rotatable bonds is 10. The molecule has 13 heteroatoms. The Kier molecular flexibility index (Phi) is 19.2. The van der Waals surface area contributed by atoms with Gasteiger partial charge in [0.1, 0.15) is 0 Å². The molecule has 0 spiro atoms. The largest absolute Gasteiger partial charge is 0.483 e. The Labute approximate surface area is 231 Å². The van der Waals surface area contributed by atoms with Crippen LogP contribution in [0.15, 0.2) is 36.4 Å². The zero-order chi connectivity index (χ0) is 28.4. The maximum Gasteiger partial charge on any atom is 0.290 e. The van der Waals surface area contributed by atoms with Crippen molar-refractivity contribution in [3.8, 4) is 0 Å². The van der Waals surface area contributed by atoms with Crippen molar-refractivity contribution in [1.29, 1.82) is 0 Å². The van der Waals surface area contributed by atoms with Crippen LogP contribution in [0.25, 0.3) is 0 Å². The number of carbonyl (C=O) groups is 6. The first kappa shape index (κ1) is 36.2. The maximum absolute atomic E-state index is 11.9. The first-order chi connectivity index (χ1) is 17.5. The molecule has 2 aromatic rings. The Morgan fingerprint density at radius 1 is 0.842 bits per heavy atom. The first-order valence-corrected chi connectivity index (χ1v) is 11.4. The molecule has 2 aromatic carbocycles. The number of halogens is 2. The van der Waals surface area contributed by atoms with Crippen LogP contribution in [0.1, 0.15) is 54.8 Å². The van der Waals surface area contributed by atoms with Gasteiger partial charge in [0.05, 0.1) is 5.69 Å². The van der Waals surface area contributed by atoms with Crippen LogP contribution in [0, 0.1) is 0 Å². The fourth-order valence-electron chi connectivity index (χ4n) is 2.68. The van der Waals surface area contributed by atoms with E-state index in [-0.39, 0.29) is 56.7 Å². The smallest absolute Gasteiger partial charge is 0.290 e. The highest BCUT2D eigenvalue weighted by molar-refractivity contribution is 6.31. The quantitative estimate of drug-likeness (QED) is 0.163. The first-order valence-electron chi connectivity index (χ1n) is 10.6. The molecule has 0 bridgehead atoms. The maximum atomic E-state index is 11.9. The average Bonchev–Trinajstić information content (AvgIpc) is 2.82. The van der Waals surface area contributed by atoms with Crippen LogP contribution in [-0.4, -0.2) is 54.5 Å². The summed E-state index contributed by atoms with van der Waals surface area (Å²) in [5, 5.41) is 15.3. The summed E-state index contributed by atoms with van der Waals surface area (Å²) >= 11 is 11.6. The molecule has 0 fully saturated rings. The van der Waals surface area contributed by atoms with Crippen LogP contribution in [0.2, 0.25) is 10.0 Å². The van der Waals surface area contributed by atoms with Gasteiger partial charge in [0.25, 0.3) is 6.47 Å². The molecule has 0 saturated heterocycles. The molecule has 208 valence electrons. The molecule has 0 aliphatic carbocycles. The van der Waals surface area contributed by atoms with Crippen molar-refractivity contribution in [2.45, 2.75) is 34.1 Å². The number of ketones is 2. The van der Waals surface area contributed by atoms with Gasteiger partial charge in [0.15, 0.2) is 11.6 Å². The third-order valence-electron chi connectivity index (χ3n) is 4.26. The number of amides is 3. The molecule has 11 nitrogen and oxygen atoms in total. The van der Waals surface area contributed by atoms with Gasteiger partial charge in [0.2, 0.25) is 18.2 Å². The fourth-order valence-corrected chi connectivity index (χ4v) is 3.02. The molecule has 0 aliphatic rings. The lowest BCUT2D eigenvalue weighted by Crippen LogP contribution is -2.23. The molecule has 0 atom stereocenters. The van der Waals surface area contributed by atoms with Gasteiger partial charge >= 0.3 is 0 Å². The fraction of sp³-hybridized carbons (Fsp3) is 0.280. The number of Topliss-reactive ketones (excluding diaryl/α,β-unsaturated/α-hetero) is 2. The second kappa shape index (κ2) is 20.1. The van der Waals surface area contributed by atoms with Gasteiger partial charge in [0, 0.05) is 66.6 Å². The van der Waals surface area contributed by atoms with E-state index in [4.69, 9.17) is 38.8 Å². The summed E-state index contributed by atoms with van der Waals surface area (Å²) in [7, 11) is 0. The molecule has 0 unspecified atom stereocenters. The number of nitrogens with one attached hydrogen (secondary N) is 3. The normalized spacial score (nSPS) is 9.05. The van der Waals surface area contributed by atoms with Crippen molar-refractivity contribution >= 4 is 70.8 Å². The van der Waals surface area contributed by atoms with Crippen molar-refractivity contribution in [3.05, 3.63) is 57.6 Å². The molecule has 38 heavy (non-hydrogen) atoms. The van der Waals surface area contributed by atoms with E-state index in [9.17, 15) is 24.0 Å². The van der Waals surface area contributed by atoms with E-state index in [2.05, 4.69) is 16.0 Å². The Morgan fingerprint density at radius 2 is 1.26 bits per heavy atom. The Balaban J connectivity index is 0. The average molecular weight is 571 g/mol. The number of benzene rings is 2. The lowest BCUT2D eigenvalue weighted by atomic mass is 10.1. The minimum absolute atomic E-state index is 0. The molecule has 0 heterocycles. The van der Waals surface area contributed by atoms with Crippen molar-refractivity contribution < 1.29 is 33.9 Å². The standard InChI is InChI=1S/C12H13ClN2O3.C11H13ClN2O2.CH2O2.CH4/c1-8(17)14-5-4-12(18)10-6-9(13)2-3-11(10)15-7-16;1-7(15)14-5-4-11(16)9-6-8(12)2-3-10(9)13;2-1-3;/h2-3,6-7H,4-5H2,1H3,(H,14,17)(H,15,16);2-3,6H,4-5,13H2,1H3,(H,14,15);1H,(H,2,3);1H4. The lowest BCUT2D eigenvalue weighted by Gasteiger charge is -2.08. The van der Waals surface area contributed by atoms with E-state index in [1.54, 1.807) is 24.3 Å². The molecule has 0 aliphatic heterocycles. The van der Waals surface area contributed by atoms with Crippen LogP contribution < -0.4 is 21.7 Å². The Bertz CT molecular complexity index is 1110. The van der Waals surface area contributed by atoms with Gasteiger partial charge in [-0.05, 0) is 36.4 Å². The molecule has 3 amide bonds. The van der Waals surface area contributed by atoms with Crippen molar-refractivity contribution in [2.24, 2.45) is 0 Å². The second-order valence-electron chi connectivity index (χ2n) is 7.10. The zero-order valence-electron chi connectivity index (χ0n) is 20.2. The number of carbonyl (C=O) groups excluding carboxylic acids is 5. The van der Waals surface area contributed by atoms with Gasteiger partial charge in [-0.25, -0.2) is 0 Å². The summed E-state index contributed by atoms with van der Waals surface area (Å²) in [6, 6.07) is 9.38. The van der Waals surface area contributed by atoms with E-state index >= 15 is 0 Å². The van der Waals surface area contributed by atoms with Crippen LogP contribution in [0.4, 0.5) is 11.4 Å². The van der Waals surface area contributed by atoms with Crippen molar-refractivity contribution in [2.75, 3.05) is 24.1 Å². The van der Waals surface area contributed by atoms with E-state index in [1.165, 1.54) is 26.0 Å². The summed E-state index contributed by atoms with van der Waals surface area (Å²) in [5.41, 5.74) is 7.19. The highest BCUT2D eigenvalue weighted by Gasteiger charge is 2.12. The van der Waals surface area contributed by atoms with Crippen LogP contribution in [-0.2, 0) is 19.2 Å². The van der Waals surface area contributed by atoms with E-state index in [1.807, 2.05) is 0 Å². The van der Waals surface area contributed by atoms with E-state index in [0.29, 0.717) is 45.5 Å². The molecule has 0 aromatic heterocycles. The van der Waals surface area contributed by atoms with Crippen LogP contribution in [0.3, 0.4) is 0 Å². The van der Waals surface area contributed by atoms with Gasteiger partial charge in [-0.3, -0.25) is 28.8 Å². The monoisotopic (exact) mass is 570 g/mol. The second-order valence-corrected chi connectivity index (χ2v) is 7.97. The number of nitrogens with two attached hydrogens (primary N) is 1. The van der Waals surface area contributed by atoms with Gasteiger partial charge in [-0.1, -0.05) is 30.6 Å². The lowest BCUT2D eigenvalue weighted by molar-refractivity contribution is -0.123. The van der Waals surface area contributed by atoms with Gasteiger partial charge in [-0.15, -0.1) is 0 Å². The third-order valence-corrected chi connectivity index (χ3v) is 4.73. The SMILES string of the molecule is C.CC(=O)NCCC(=O)c1cc(Cl)ccc1N.CC(=O)NCCC(=O)c1cc(Cl)ccc1NC=O.O=CO. The number of hydrogen-bond acceptors (Lipinski definition) is 7. The third kappa shape index (κ3) is 15.2.